The molecule has 6 heteroatoms. The number of aryl methyl sites for hydroxylation is 1. The van der Waals surface area contributed by atoms with E-state index >= 15 is 0 Å². The van der Waals surface area contributed by atoms with Crippen LogP contribution in [0, 0.1) is 6.92 Å². The summed E-state index contributed by atoms with van der Waals surface area (Å²) in [5.74, 6) is 0.0580. The third kappa shape index (κ3) is 2.85. The van der Waals surface area contributed by atoms with Gasteiger partial charge in [-0.2, -0.15) is 0 Å². The number of anilines is 1. The van der Waals surface area contributed by atoms with Crippen molar-refractivity contribution in [3.8, 4) is 0 Å². The molecule has 5 nitrogen and oxygen atoms in total. The first-order valence-corrected chi connectivity index (χ1v) is 8.84. The fraction of sp³-hybridized carbons (Fsp3) is 0.278. The highest BCUT2D eigenvalue weighted by Crippen LogP contribution is 2.30. The Kier molecular flexibility index (Phi) is 3.90. The first-order valence-electron chi connectivity index (χ1n) is 8.02. The van der Waals surface area contributed by atoms with Crippen LogP contribution >= 0.6 is 11.3 Å². The number of thiazole rings is 1. The highest BCUT2D eigenvalue weighted by molar-refractivity contribution is 7.22. The Morgan fingerprint density at radius 1 is 1.17 bits per heavy atom. The molecule has 0 aliphatic carbocycles. The zero-order chi connectivity index (χ0) is 16.5. The Morgan fingerprint density at radius 2 is 2.00 bits per heavy atom. The zero-order valence-electron chi connectivity index (χ0n) is 13.5. The van der Waals surface area contributed by atoms with Gasteiger partial charge in [0.25, 0.3) is 5.91 Å². The van der Waals surface area contributed by atoms with Crippen molar-refractivity contribution >= 4 is 32.6 Å². The number of rotatable bonds is 2. The van der Waals surface area contributed by atoms with E-state index in [1.807, 2.05) is 11.0 Å². The maximum absolute atomic E-state index is 12.5. The number of aromatic nitrogens is 2. The summed E-state index contributed by atoms with van der Waals surface area (Å²) in [5, 5.41) is 1.05. The molecule has 4 rings (SSSR count). The number of hydrogen-bond donors (Lipinski definition) is 0. The normalized spacial score (nSPS) is 15.0. The predicted molar refractivity (Wildman–Crippen MR) is 96.7 cm³/mol. The lowest BCUT2D eigenvalue weighted by molar-refractivity contribution is 0.0746. The smallest absolute Gasteiger partial charge is 0.255 e. The topological polar surface area (TPSA) is 49.3 Å². The standard InChI is InChI=1S/C18H18N4OS/c1-13-4-5-15-16(11-13)24-18(20-15)22-9-7-21(8-10-22)17(23)14-3-2-6-19-12-14/h2-6,11-12H,7-10H2,1H3. The Morgan fingerprint density at radius 3 is 2.75 bits per heavy atom. The number of hydrogen-bond acceptors (Lipinski definition) is 5. The van der Waals surface area contributed by atoms with E-state index < -0.39 is 0 Å². The molecule has 0 N–H and O–H groups in total. The van der Waals surface area contributed by atoms with E-state index in [-0.39, 0.29) is 5.91 Å². The second kappa shape index (κ2) is 6.20. The Bertz CT molecular complexity index is 869. The summed E-state index contributed by atoms with van der Waals surface area (Å²) in [6.45, 7) is 5.14. The molecule has 0 bridgehead atoms. The molecule has 0 spiro atoms. The molecule has 3 heterocycles. The van der Waals surface area contributed by atoms with Crippen molar-refractivity contribution < 1.29 is 4.79 Å². The van der Waals surface area contributed by atoms with Crippen LogP contribution < -0.4 is 4.90 Å². The highest BCUT2D eigenvalue weighted by Gasteiger charge is 2.23. The van der Waals surface area contributed by atoms with Gasteiger partial charge >= 0.3 is 0 Å². The number of amides is 1. The molecule has 1 amide bonds. The molecular formula is C18H18N4OS. The highest BCUT2D eigenvalue weighted by atomic mass is 32.1. The van der Waals surface area contributed by atoms with Gasteiger partial charge in [-0.3, -0.25) is 9.78 Å². The number of piperazine rings is 1. The van der Waals surface area contributed by atoms with Crippen LogP contribution in [0.3, 0.4) is 0 Å². The van der Waals surface area contributed by atoms with Crippen LogP contribution in [0.15, 0.2) is 42.7 Å². The second-order valence-electron chi connectivity index (χ2n) is 5.99. The van der Waals surface area contributed by atoms with E-state index in [0.29, 0.717) is 18.7 Å². The van der Waals surface area contributed by atoms with Crippen LogP contribution in [0.1, 0.15) is 15.9 Å². The van der Waals surface area contributed by atoms with E-state index in [1.54, 1.807) is 29.8 Å². The fourth-order valence-corrected chi connectivity index (χ4v) is 4.04. The van der Waals surface area contributed by atoms with Crippen LogP contribution in [0.2, 0.25) is 0 Å². The van der Waals surface area contributed by atoms with E-state index in [1.165, 1.54) is 10.3 Å². The first kappa shape index (κ1) is 15.1. The number of carbonyl (C=O) groups excluding carboxylic acids is 1. The van der Waals surface area contributed by atoms with Crippen molar-refractivity contribution in [2.45, 2.75) is 6.92 Å². The monoisotopic (exact) mass is 338 g/mol. The summed E-state index contributed by atoms with van der Waals surface area (Å²) >= 11 is 1.73. The molecule has 24 heavy (non-hydrogen) atoms. The van der Waals surface area contributed by atoms with Crippen molar-refractivity contribution in [1.82, 2.24) is 14.9 Å². The molecule has 3 aromatic rings. The number of nitrogens with zero attached hydrogens (tertiary/aromatic N) is 4. The minimum atomic E-state index is 0.0580. The molecule has 0 saturated carbocycles. The molecule has 0 atom stereocenters. The molecule has 1 saturated heterocycles. The van der Waals surface area contributed by atoms with Gasteiger partial charge in [-0.05, 0) is 36.8 Å². The minimum absolute atomic E-state index is 0.0580. The quantitative estimate of drug-likeness (QED) is 0.721. The van der Waals surface area contributed by atoms with Crippen molar-refractivity contribution in [2.75, 3.05) is 31.1 Å². The van der Waals surface area contributed by atoms with Crippen LogP contribution in [-0.2, 0) is 0 Å². The third-order valence-corrected chi connectivity index (χ3v) is 5.36. The van der Waals surface area contributed by atoms with E-state index in [0.717, 1.165) is 23.7 Å². The molecule has 122 valence electrons. The largest absolute Gasteiger partial charge is 0.345 e. The summed E-state index contributed by atoms with van der Waals surface area (Å²) in [6.07, 6.45) is 3.31. The molecule has 0 radical (unpaired) electrons. The number of fused-ring (bicyclic) bond motifs is 1. The molecule has 0 unspecified atom stereocenters. The lowest BCUT2D eigenvalue weighted by Gasteiger charge is -2.34. The van der Waals surface area contributed by atoms with E-state index in [2.05, 4.69) is 35.0 Å². The van der Waals surface area contributed by atoms with Crippen LogP contribution in [0.25, 0.3) is 10.2 Å². The average molecular weight is 338 g/mol. The lowest BCUT2D eigenvalue weighted by Crippen LogP contribution is -2.48. The fourth-order valence-electron chi connectivity index (χ4n) is 2.93. The molecule has 2 aromatic heterocycles. The van der Waals surface area contributed by atoms with Gasteiger partial charge in [-0.25, -0.2) is 4.98 Å². The first-order chi connectivity index (χ1) is 11.7. The van der Waals surface area contributed by atoms with Crippen LogP contribution in [0.4, 0.5) is 5.13 Å². The molecular weight excluding hydrogens is 320 g/mol. The maximum Gasteiger partial charge on any atom is 0.255 e. The van der Waals surface area contributed by atoms with Crippen molar-refractivity contribution in [2.24, 2.45) is 0 Å². The maximum atomic E-state index is 12.5. The average Bonchev–Trinajstić information content (AvgIpc) is 3.05. The van der Waals surface area contributed by atoms with Gasteiger partial charge in [-0.15, -0.1) is 0 Å². The lowest BCUT2D eigenvalue weighted by atomic mass is 10.2. The van der Waals surface area contributed by atoms with Gasteiger partial charge in [-0.1, -0.05) is 17.4 Å². The molecule has 1 aliphatic rings. The van der Waals surface area contributed by atoms with Crippen molar-refractivity contribution in [1.29, 1.82) is 0 Å². The summed E-state index contributed by atoms with van der Waals surface area (Å²) < 4.78 is 1.22. The Labute approximate surface area is 144 Å². The summed E-state index contributed by atoms with van der Waals surface area (Å²) in [6, 6.07) is 9.96. The predicted octanol–water partition coefficient (Wildman–Crippen LogP) is 2.96. The number of carbonyl (C=O) groups is 1. The SMILES string of the molecule is Cc1ccc2nc(N3CCN(C(=O)c4cccnc4)CC3)sc2c1. The molecule has 1 aliphatic heterocycles. The van der Waals surface area contributed by atoms with Gasteiger partial charge in [0.15, 0.2) is 5.13 Å². The molecule has 1 aromatic carbocycles. The van der Waals surface area contributed by atoms with Gasteiger partial charge in [0.2, 0.25) is 0 Å². The van der Waals surface area contributed by atoms with E-state index in [4.69, 9.17) is 4.98 Å². The van der Waals surface area contributed by atoms with Crippen molar-refractivity contribution in [3.05, 3.63) is 53.9 Å². The molecule has 1 fully saturated rings. The third-order valence-electron chi connectivity index (χ3n) is 4.28. The summed E-state index contributed by atoms with van der Waals surface area (Å²) in [7, 11) is 0. The Hall–Kier alpha value is -2.47. The van der Waals surface area contributed by atoms with Crippen molar-refractivity contribution in [3.63, 3.8) is 0 Å². The minimum Gasteiger partial charge on any atom is -0.345 e. The van der Waals surface area contributed by atoms with Crippen LogP contribution in [-0.4, -0.2) is 47.0 Å². The van der Waals surface area contributed by atoms with E-state index in [9.17, 15) is 4.79 Å². The van der Waals surface area contributed by atoms with Gasteiger partial charge < -0.3 is 9.80 Å². The summed E-state index contributed by atoms with van der Waals surface area (Å²) in [5.41, 5.74) is 2.96. The zero-order valence-corrected chi connectivity index (χ0v) is 14.3. The number of benzene rings is 1. The second-order valence-corrected chi connectivity index (χ2v) is 7.00. The van der Waals surface area contributed by atoms with Gasteiger partial charge in [0, 0.05) is 38.6 Å². The van der Waals surface area contributed by atoms with Gasteiger partial charge in [0.05, 0.1) is 15.8 Å². The van der Waals surface area contributed by atoms with Crippen LogP contribution in [0.5, 0.6) is 0 Å². The Balaban J connectivity index is 1.46. The summed E-state index contributed by atoms with van der Waals surface area (Å²) in [4.78, 5) is 25.4. The van der Waals surface area contributed by atoms with Gasteiger partial charge in [0.1, 0.15) is 0 Å². The number of pyridine rings is 1.